The minimum absolute atomic E-state index is 0.438. The minimum Gasteiger partial charge on any atom is -0.316 e. The van der Waals surface area contributed by atoms with Gasteiger partial charge in [0.15, 0.2) is 0 Å². The van der Waals surface area contributed by atoms with Crippen LogP contribution in [0.4, 0.5) is 0 Å². The molecule has 2 aromatic rings. The van der Waals surface area contributed by atoms with E-state index in [0.717, 1.165) is 22.1 Å². The first-order chi connectivity index (χ1) is 10.1. The third-order valence-corrected chi connectivity index (χ3v) is 5.42. The van der Waals surface area contributed by atoms with E-state index in [2.05, 4.69) is 43.4 Å². The highest BCUT2D eigenvalue weighted by Gasteiger charge is 2.10. The fraction of sp³-hybridized carbons (Fsp3) is 0.333. The molecule has 112 valence electrons. The van der Waals surface area contributed by atoms with Crippen molar-refractivity contribution in [3.8, 4) is 0 Å². The molecule has 0 spiro atoms. The van der Waals surface area contributed by atoms with Crippen LogP contribution in [-0.2, 0) is 6.42 Å². The summed E-state index contributed by atoms with van der Waals surface area (Å²) in [4.78, 5) is 1.15. The van der Waals surface area contributed by atoms with E-state index in [4.69, 9.17) is 11.6 Å². The zero-order valence-electron chi connectivity index (χ0n) is 12.8. The average Bonchev–Trinajstić information content (AvgIpc) is 2.48. The van der Waals surface area contributed by atoms with Crippen molar-refractivity contribution in [1.29, 1.82) is 0 Å². The van der Waals surface area contributed by atoms with Crippen LogP contribution in [0.25, 0.3) is 0 Å². The molecule has 1 atom stereocenters. The molecule has 0 amide bonds. The van der Waals surface area contributed by atoms with Crippen LogP contribution in [0, 0.1) is 13.8 Å². The summed E-state index contributed by atoms with van der Waals surface area (Å²) in [6.45, 7) is 4.33. The first kappa shape index (κ1) is 16.4. The van der Waals surface area contributed by atoms with Crippen molar-refractivity contribution in [3.05, 3.63) is 64.2 Å². The standard InChI is InChI=1S/C18H22ClNS/c1-13-8-9-15(10-14(13)2)11-16(20-3)12-21-18-7-5-4-6-17(18)19/h4-10,16,20H,11-12H2,1-3H3. The van der Waals surface area contributed by atoms with Crippen LogP contribution in [-0.4, -0.2) is 18.8 Å². The molecule has 0 saturated heterocycles. The Morgan fingerprint density at radius 3 is 2.52 bits per heavy atom. The van der Waals surface area contributed by atoms with Gasteiger partial charge in [-0.15, -0.1) is 11.8 Å². The summed E-state index contributed by atoms with van der Waals surface area (Å²) in [6.07, 6.45) is 1.04. The lowest BCUT2D eigenvalue weighted by atomic mass is 10.0. The highest BCUT2D eigenvalue weighted by molar-refractivity contribution is 7.99. The maximum atomic E-state index is 6.21. The van der Waals surface area contributed by atoms with Crippen LogP contribution in [0.3, 0.4) is 0 Å². The summed E-state index contributed by atoms with van der Waals surface area (Å²) in [5.74, 6) is 1.01. The van der Waals surface area contributed by atoms with E-state index >= 15 is 0 Å². The van der Waals surface area contributed by atoms with E-state index < -0.39 is 0 Å². The van der Waals surface area contributed by atoms with Crippen molar-refractivity contribution in [2.45, 2.75) is 31.2 Å². The van der Waals surface area contributed by atoms with Crippen molar-refractivity contribution >= 4 is 23.4 Å². The number of hydrogen-bond donors (Lipinski definition) is 1. The van der Waals surface area contributed by atoms with Crippen LogP contribution in [0.5, 0.6) is 0 Å². The van der Waals surface area contributed by atoms with E-state index in [1.54, 1.807) is 0 Å². The van der Waals surface area contributed by atoms with Gasteiger partial charge >= 0.3 is 0 Å². The summed E-state index contributed by atoms with van der Waals surface area (Å²) in [5, 5.41) is 4.25. The third kappa shape index (κ3) is 4.77. The first-order valence-corrected chi connectivity index (χ1v) is 8.57. The molecule has 0 aliphatic rings. The summed E-state index contributed by atoms with van der Waals surface area (Å²) >= 11 is 8.02. The molecule has 0 fully saturated rings. The summed E-state index contributed by atoms with van der Waals surface area (Å²) < 4.78 is 0. The molecule has 0 saturated carbocycles. The zero-order chi connectivity index (χ0) is 15.2. The fourth-order valence-corrected chi connectivity index (χ4v) is 3.56. The van der Waals surface area contributed by atoms with Gasteiger partial charge in [-0.1, -0.05) is 41.9 Å². The second kappa shape index (κ2) is 7.88. The van der Waals surface area contributed by atoms with Gasteiger partial charge in [0.1, 0.15) is 0 Å². The number of aryl methyl sites for hydroxylation is 2. The van der Waals surface area contributed by atoms with Crippen LogP contribution in [0.15, 0.2) is 47.4 Å². The number of likely N-dealkylation sites (N-methyl/N-ethyl adjacent to an activating group) is 1. The normalized spacial score (nSPS) is 12.4. The van der Waals surface area contributed by atoms with Crippen LogP contribution < -0.4 is 5.32 Å². The lowest BCUT2D eigenvalue weighted by molar-refractivity contribution is 0.617. The summed E-state index contributed by atoms with van der Waals surface area (Å²) in [7, 11) is 2.03. The highest BCUT2D eigenvalue weighted by Crippen LogP contribution is 2.27. The Bertz CT molecular complexity index is 598. The van der Waals surface area contributed by atoms with E-state index in [1.807, 2.05) is 37.0 Å². The monoisotopic (exact) mass is 319 g/mol. The first-order valence-electron chi connectivity index (χ1n) is 7.21. The Balaban J connectivity index is 1.97. The average molecular weight is 320 g/mol. The van der Waals surface area contributed by atoms with Gasteiger partial charge in [0.25, 0.3) is 0 Å². The van der Waals surface area contributed by atoms with Gasteiger partial charge in [-0.3, -0.25) is 0 Å². The van der Waals surface area contributed by atoms with E-state index in [-0.39, 0.29) is 0 Å². The summed E-state index contributed by atoms with van der Waals surface area (Å²) in [6, 6.07) is 15.2. The second-order valence-corrected chi connectivity index (χ2v) is 6.82. The molecule has 2 aromatic carbocycles. The quantitative estimate of drug-likeness (QED) is 0.762. The third-order valence-electron chi connectivity index (χ3n) is 3.74. The SMILES string of the molecule is CNC(CSc1ccccc1Cl)Cc1ccc(C)c(C)c1. The number of nitrogens with one attached hydrogen (secondary N) is 1. The largest absolute Gasteiger partial charge is 0.316 e. The van der Waals surface area contributed by atoms with Gasteiger partial charge < -0.3 is 5.32 Å². The van der Waals surface area contributed by atoms with E-state index in [9.17, 15) is 0 Å². The highest BCUT2D eigenvalue weighted by atomic mass is 35.5. The second-order valence-electron chi connectivity index (χ2n) is 5.35. The molecule has 0 aliphatic heterocycles. The fourth-order valence-electron chi connectivity index (χ4n) is 2.21. The van der Waals surface area contributed by atoms with Gasteiger partial charge in [0, 0.05) is 16.7 Å². The molecule has 3 heteroatoms. The van der Waals surface area contributed by atoms with E-state index in [0.29, 0.717) is 6.04 Å². The van der Waals surface area contributed by atoms with Crippen molar-refractivity contribution in [2.75, 3.05) is 12.8 Å². The molecular weight excluding hydrogens is 298 g/mol. The number of hydrogen-bond acceptors (Lipinski definition) is 2. The predicted molar refractivity (Wildman–Crippen MR) is 94.6 cm³/mol. The molecule has 0 aliphatic carbocycles. The Kier molecular flexibility index (Phi) is 6.16. The maximum Gasteiger partial charge on any atom is 0.0541 e. The lowest BCUT2D eigenvalue weighted by Crippen LogP contribution is -2.30. The van der Waals surface area contributed by atoms with Crippen molar-refractivity contribution in [3.63, 3.8) is 0 Å². The lowest BCUT2D eigenvalue weighted by Gasteiger charge is -2.17. The predicted octanol–water partition coefficient (Wildman–Crippen LogP) is 4.88. The molecule has 0 radical (unpaired) electrons. The smallest absolute Gasteiger partial charge is 0.0541 e. The Morgan fingerprint density at radius 2 is 1.86 bits per heavy atom. The zero-order valence-corrected chi connectivity index (χ0v) is 14.4. The van der Waals surface area contributed by atoms with E-state index in [1.165, 1.54) is 16.7 Å². The number of halogens is 1. The maximum absolute atomic E-state index is 6.21. The molecule has 1 nitrogen and oxygen atoms in total. The van der Waals surface area contributed by atoms with Crippen LogP contribution in [0.1, 0.15) is 16.7 Å². The molecule has 0 aromatic heterocycles. The van der Waals surface area contributed by atoms with Gasteiger partial charge in [0.05, 0.1) is 5.02 Å². The summed E-state index contributed by atoms with van der Waals surface area (Å²) in [5.41, 5.74) is 4.10. The van der Waals surface area contributed by atoms with Crippen molar-refractivity contribution < 1.29 is 0 Å². The molecule has 0 heterocycles. The Morgan fingerprint density at radius 1 is 1.10 bits per heavy atom. The number of thioether (sulfide) groups is 1. The molecule has 21 heavy (non-hydrogen) atoms. The molecular formula is C18H22ClNS. The van der Waals surface area contributed by atoms with Gasteiger partial charge in [0.2, 0.25) is 0 Å². The topological polar surface area (TPSA) is 12.0 Å². The molecule has 1 N–H and O–H groups in total. The molecule has 2 rings (SSSR count). The van der Waals surface area contributed by atoms with Crippen LogP contribution >= 0.6 is 23.4 Å². The number of rotatable bonds is 6. The van der Waals surface area contributed by atoms with Crippen LogP contribution in [0.2, 0.25) is 5.02 Å². The Hall–Kier alpha value is -0.960. The number of benzene rings is 2. The minimum atomic E-state index is 0.438. The van der Waals surface area contributed by atoms with Gasteiger partial charge in [-0.25, -0.2) is 0 Å². The van der Waals surface area contributed by atoms with Gasteiger partial charge in [-0.2, -0.15) is 0 Å². The molecule has 0 bridgehead atoms. The van der Waals surface area contributed by atoms with Crippen molar-refractivity contribution in [1.82, 2.24) is 5.32 Å². The Labute approximate surface area is 137 Å². The van der Waals surface area contributed by atoms with Gasteiger partial charge in [-0.05, 0) is 56.1 Å². The van der Waals surface area contributed by atoms with Crippen molar-refractivity contribution in [2.24, 2.45) is 0 Å². The molecule has 1 unspecified atom stereocenters.